The molecule has 2 aromatic rings. The third kappa shape index (κ3) is 2.10. The van der Waals surface area contributed by atoms with Gasteiger partial charge in [0.25, 0.3) is 0 Å². The van der Waals surface area contributed by atoms with Crippen LogP contribution in [0, 0.1) is 5.92 Å². The summed E-state index contributed by atoms with van der Waals surface area (Å²) < 4.78 is 6.84. The van der Waals surface area contributed by atoms with Gasteiger partial charge in [0, 0.05) is 6.54 Å². The van der Waals surface area contributed by atoms with Gasteiger partial charge in [-0.25, -0.2) is 4.79 Å². The van der Waals surface area contributed by atoms with Crippen LogP contribution in [0.25, 0.3) is 11.1 Å². The molecule has 1 aliphatic carbocycles. The molecular formula is C15H19NO3. The molecule has 19 heavy (non-hydrogen) atoms. The Labute approximate surface area is 111 Å². The van der Waals surface area contributed by atoms with Crippen molar-refractivity contribution in [2.75, 3.05) is 0 Å². The highest BCUT2D eigenvalue weighted by molar-refractivity contribution is 5.73. The van der Waals surface area contributed by atoms with Gasteiger partial charge in [0.1, 0.15) is 0 Å². The zero-order chi connectivity index (χ0) is 13.4. The van der Waals surface area contributed by atoms with Crippen LogP contribution < -0.4 is 5.76 Å². The molecule has 4 heteroatoms. The zero-order valence-corrected chi connectivity index (χ0v) is 11.1. The van der Waals surface area contributed by atoms with Crippen LogP contribution in [-0.4, -0.2) is 9.67 Å². The number of aromatic nitrogens is 1. The number of hydrogen-bond donors (Lipinski definition) is 1. The minimum absolute atomic E-state index is 0.329. The predicted octanol–water partition coefficient (Wildman–Crippen LogP) is 2.84. The number of nitrogens with zero attached hydrogens (tertiary/aromatic N) is 1. The highest BCUT2D eigenvalue weighted by Crippen LogP contribution is 2.36. The first-order chi connectivity index (χ1) is 9.20. The van der Waals surface area contributed by atoms with E-state index in [1.165, 1.54) is 12.8 Å². The number of benzene rings is 1. The minimum Gasteiger partial charge on any atom is -0.408 e. The normalized spacial score (nSPS) is 18.2. The van der Waals surface area contributed by atoms with Gasteiger partial charge in [-0.1, -0.05) is 18.9 Å². The number of aliphatic hydroxyl groups is 1. The Hall–Kier alpha value is -1.55. The molecule has 102 valence electrons. The lowest BCUT2D eigenvalue weighted by Gasteiger charge is -2.17. The van der Waals surface area contributed by atoms with Gasteiger partial charge in [0.15, 0.2) is 5.58 Å². The van der Waals surface area contributed by atoms with Crippen molar-refractivity contribution >= 4 is 11.1 Å². The monoisotopic (exact) mass is 261 g/mol. The Morgan fingerprint density at radius 3 is 2.84 bits per heavy atom. The minimum atomic E-state index is -0.442. The molecule has 0 amide bonds. The molecule has 0 saturated heterocycles. The number of oxazole rings is 1. The number of aliphatic hydroxyl groups excluding tert-OH is 1. The van der Waals surface area contributed by atoms with Crippen LogP contribution in [0.4, 0.5) is 0 Å². The van der Waals surface area contributed by atoms with Gasteiger partial charge in [-0.3, -0.25) is 4.57 Å². The Morgan fingerprint density at radius 1 is 1.42 bits per heavy atom. The molecule has 0 aliphatic heterocycles. The summed E-state index contributed by atoms with van der Waals surface area (Å²) in [6.07, 6.45) is 4.12. The summed E-state index contributed by atoms with van der Waals surface area (Å²) in [6, 6.07) is 5.59. The van der Waals surface area contributed by atoms with Crippen LogP contribution in [0.15, 0.2) is 27.4 Å². The van der Waals surface area contributed by atoms with Crippen molar-refractivity contribution in [3.05, 3.63) is 34.3 Å². The molecule has 0 radical (unpaired) electrons. The first kappa shape index (κ1) is 12.5. The van der Waals surface area contributed by atoms with Gasteiger partial charge in [0.2, 0.25) is 0 Å². The summed E-state index contributed by atoms with van der Waals surface area (Å²) in [5.41, 5.74) is 2.23. The molecule has 1 N–H and O–H groups in total. The van der Waals surface area contributed by atoms with Crippen LogP contribution in [0.5, 0.6) is 0 Å². The maximum atomic E-state index is 11.6. The molecule has 1 aliphatic rings. The largest absolute Gasteiger partial charge is 0.419 e. The van der Waals surface area contributed by atoms with E-state index in [2.05, 4.69) is 0 Å². The Bertz CT molecular complexity index is 634. The molecular weight excluding hydrogens is 242 g/mol. The van der Waals surface area contributed by atoms with Crippen LogP contribution in [-0.2, 0) is 6.54 Å². The smallest absolute Gasteiger partial charge is 0.408 e. The van der Waals surface area contributed by atoms with Gasteiger partial charge in [0.05, 0.1) is 11.6 Å². The van der Waals surface area contributed by atoms with Crippen molar-refractivity contribution in [2.24, 2.45) is 5.92 Å². The standard InChI is InChI=1S/C15H19NO3/c1-2-16-12-8-7-11(9-13(12)19-15(16)18)14(17)10-5-3-4-6-10/h7-10,14,17H,2-6H2,1H3. The first-order valence-electron chi connectivity index (χ1n) is 7.02. The molecule has 4 nitrogen and oxygen atoms in total. The van der Waals surface area contributed by atoms with E-state index in [1.807, 2.05) is 25.1 Å². The van der Waals surface area contributed by atoms with E-state index in [0.717, 1.165) is 23.9 Å². The second-order valence-corrected chi connectivity index (χ2v) is 5.33. The van der Waals surface area contributed by atoms with E-state index in [9.17, 15) is 9.90 Å². The maximum absolute atomic E-state index is 11.6. The van der Waals surface area contributed by atoms with Crippen molar-refractivity contribution in [2.45, 2.75) is 45.3 Å². The van der Waals surface area contributed by atoms with Gasteiger partial charge >= 0.3 is 5.76 Å². The lowest BCUT2D eigenvalue weighted by molar-refractivity contribution is 0.111. The molecule has 3 rings (SSSR count). The third-order valence-electron chi connectivity index (χ3n) is 4.20. The first-order valence-corrected chi connectivity index (χ1v) is 7.02. The molecule has 0 bridgehead atoms. The molecule has 1 fully saturated rings. The van der Waals surface area contributed by atoms with Crippen LogP contribution in [0.3, 0.4) is 0 Å². The summed E-state index contributed by atoms with van der Waals surface area (Å²) in [5.74, 6) is 0.0161. The van der Waals surface area contributed by atoms with Crippen LogP contribution in [0.1, 0.15) is 44.3 Å². The third-order valence-corrected chi connectivity index (χ3v) is 4.20. The average molecular weight is 261 g/mol. The van der Waals surface area contributed by atoms with Crippen molar-refractivity contribution in [3.8, 4) is 0 Å². The fourth-order valence-electron chi connectivity index (χ4n) is 3.11. The van der Waals surface area contributed by atoms with Crippen molar-refractivity contribution < 1.29 is 9.52 Å². The molecule has 1 aromatic heterocycles. The quantitative estimate of drug-likeness (QED) is 0.924. The molecule has 1 unspecified atom stereocenters. The number of fused-ring (bicyclic) bond motifs is 1. The Kier molecular flexibility index (Phi) is 3.19. The van der Waals surface area contributed by atoms with Crippen molar-refractivity contribution in [3.63, 3.8) is 0 Å². The van der Waals surface area contributed by atoms with E-state index in [4.69, 9.17) is 4.42 Å². The van der Waals surface area contributed by atoms with E-state index in [1.54, 1.807) is 4.57 Å². The van der Waals surface area contributed by atoms with Gasteiger partial charge in [-0.05, 0) is 43.4 Å². The summed E-state index contributed by atoms with van der Waals surface area (Å²) in [6.45, 7) is 2.51. The summed E-state index contributed by atoms with van der Waals surface area (Å²) >= 11 is 0. The predicted molar refractivity (Wildman–Crippen MR) is 73.1 cm³/mol. The highest BCUT2D eigenvalue weighted by Gasteiger charge is 2.25. The van der Waals surface area contributed by atoms with E-state index >= 15 is 0 Å². The molecule has 1 heterocycles. The lowest BCUT2D eigenvalue weighted by atomic mass is 9.94. The van der Waals surface area contributed by atoms with E-state index < -0.39 is 6.10 Å². The average Bonchev–Trinajstić information content (AvgIpc) is 3.03. The second kappa shape index (κ2) is 4.85. The summed E-state index contributed by atoms with van der Waals surface area (Å²) in [4.78, 5) is 11.6. The van der Waals surface area contributed by atoms with Gasteiger partial charge < -0.3 is 9.52 Å². The molecule has 1 saturated carbocycles. The second-order valence-electron chi connectivity index (χ2n) is 5.33. The molecule has 1 aromatic carbocycles. The Balaban J connectivity index is 1.99. The summed E-state index contributed by atoms with van der Waals surface area (Å²) in [5, 5.41) is 10.4. The fraction of sp³-hybridized carbons (Fsp3) is 0.533. The van der Waals surface area contributed by atoms with Crippen molar-refractivity contribution in [1.29, 1.82) is 0 Å². The molecule has 1 atom stereocenters. The van der Waals surface area contributed by atoms with Crippen molar-refractivity contribution in [1.82, 2.24) is 4.57 Å². The lowest BCUT2D eigenvalue weighted by Crippen LogP contribution is -2.12. The topological polar surface area (TPSA) is 55.4 Å². The SMILES string of the molecule is CCn1c(=O)oc2cc(C(O)C3CCCC3)ccc21. The number of aryl methyl sites for hydroxylation is 1. The van der Waals surface area contributed by atoms with Crippen LogP contribution >= 0.6 is 0 Å². The Morgan fingerprint density at radius 2 is 2.16 bits per heavy atom. The zero-order valence-electron chi connectivity index (χ0n) is 11.1. The van der Waals surface area contributed by atoms with E-state index in [-0.39, 0.29) is 5.76 Å². The molecule has 0 spiro atoms. The van der Waals surface area contributed by atoms with Gasteiger partial charge in [-0.15, -0.1) is 0 Å². The highest BCUT2D eigenvalue weighted by atomic mass is 16.4. The van der Waals surface area contributed by atoms with Crippen LogP contribution in [0.2, 0.25) is 0 Å². The maximum Gasteiger partial charge on any atom is 0.419 e. The fourth-order valence-corrected chi connectivity index (χ4v) is 3.11. The van der Waals surface area contributed by atoms with E-state index in [0.29, 0.717) is 18.0 Å². The van der Waals surface area contributed by atoms with Gasteiger partial charge in [-0.2, -0.15) is 0 Å². The summed E-state index contributed by atoms with van der Waals surface area (Å²) in [7, 11) is 0. The number of rotatable bonds is 3. The number of hydrogen-bond acceptors (Lipinski definition) is 3.